The molecule has 152 valence electrons. The molecular weight excluding hydrogens is 392 g/mol. The summed E-state index contributed by atoms with van der Waals surface area (Å²) in [7, 11) is -3.22. The summed E-state index contributed by atoms with van der Waals surface area (Å²) < 4.78 is 24.8. The van der Waals surface area contributed by atoms with Crippen LogP contribution in [0, 0.1) is 6.92 Å². The van der Waals surface area contributed by atoms with Gasteiger partial charge in [-0.15, -0.1) is 0 Å². The van der Waals surface area contributed by atoms with E-state index in [-0.39, 0.29) is 0 Å². The maximum atomic E-state index is 12.4. The van der Waals surface area contributed by atoms with Gasteiger partial charge in [-0.25, -0.2) is 8.42 Å². The normalized spacial score (nSPS) is 12.8. The summed E-state index contributed by atoms with van der Waals surface area (Å²) >= 11 is 0. The maximum Gasteiger partial charge on any atom is 0.154 e. The van der Waals surface area contributed by atoms with Gasteiger partial charge >= 0.3 is 0 Å². The van der Waals surface area contributed by atoms with Crippen molar-refractivity contribution in [2.75, 3.05) is 6.26 Å². The first-order chi connectivity index (χ1) is 14.4. The molecule has 5 heteroatoms. The van der Waals surface area contributed by atoms with Crippen LogP contribution in [0.5, 0.6) is 0 Å². The summed E-state index contributed by atoms with van der Waals surface area (Å²) in [5.41, 5.74) is 6.68. The Kier molecular flexibility index (Phi) is 5.39. The lowest BCUT2D eigenvalue weighted by molar-refractivity contribution is 0.585. The molecule has 0 spiro atoms. The summed E-state index contributed by atoms with van der Waals surface area (Å²) in [6, 6.07) is 20.1. The van der Waals surface area contributed by atoms with E-state index in [9.17, 15) is 8.42 Å². The molecule has 4 rings (SSSR count). The number of benzene rings is 2. The van der Waals surface area contributed by atoms with Crippen molar-refractivity contribution in [2.45, 2.75) is 25.5 Å². The number of aromatic nitrogens is 2. The Morgan fingerprint density at radius 1 is 0.900 bits per heavy atom. The molecule has 0 amide bonds. The van der Waals surface area contributed by atoms with Gasteiger partial charge in [0.25, 0.3) is 0 Å². The van der Waals surface area contributed by atoms with Crippen molar-refractivity contribution in [2.24, 2.45) is 0 Å². The number of fused-ring (bicyclic) bond motifs is 1. The monoisotopic (exact) mass is 416 g/mol. The third-order valence-electron chi connectivity index (χ3n) is 5.40. The molecule has 0 saturated heterocycles. The van der Waals surface area contributed by atoms with E-state index in [4.69, 9.17) is 0 Å². The van der Waals surface area contributed by atoms with Gasteiger partial charge in [0, 0.05) is 40.9 Å². The molecule has 0 bridgehead atoms. The van der Waals surface area contributed by atoms with Gasteiger partial charge in [0.05, 0.1) is 10.8 Å². The Morgan fingerprint density at radius 3 is 2.40 bits per heavy atom. The fourth-order valence-corrected chi connectivity index (χ4v) is 5.15. The van der Waals surface area contributed by atoms with Crippen LogP contribution in [-0.4, -0.2) is 24.6 Å². The zero-order valence-corrected chi connectivity index (χ0v) is 18.1. The Labute approximate surface area is 177 Å². The van der Waals surface area contributed by atoms with E-state index in [1.54, 1.807) is 6.20 Å². The first-order valence-corrected chi connectivity index (χ1v) is 11.9. The third kappa shape index (κ3) is 3.98. The van der Waals surface area contributed by atoms with Crippen LogP contribution in [0.2, 0.25) is 0 Å². The highest BCUT2D eigenvalue weighted by Crippen LogP contribution is 2.35. The highest BCUT2D eigenvalue weighted by atomic mass is 32.2. The summed E-state index contributed by atoms with van der Waals surface area (Å²) in [4.78, 5) is 9.00. The quantitative estimate of drug-likeness (QED) is 0.414. The molecule has 1 unspecified atom stereocenters. The summed E-state index contributed by atoms with van der Waals surface area (Å²) in [6.07, 6.45) is 5.48. The Balaban J connectivity index is 1.92. The minimum absolute atomic E-state index is 0.527. The van der Waals surface area contributed by atoms with E-state index in [1.807, 2.05) is 62.5 Å². The van der Waals surface area contributed by atoms with Gasteiger partial charge in [-0.05, 0) is 60.4 Å². The molecule has 2 aromatic heterocycles. The molecule has 0 fully saturated rings. The number of rotatable bonds is 5. The lowest BCUT2D eigenvalue weighted by Gasteiger charge is -2.17. The average molecular weight is 417 g/mol. The number of hydrogen-bond donors (Lipinski definition) is 0. The van der Waals surface area contributed by atoms with Crippen LogP contribution >= 0.6 is 0 Å². The lowest BCUT2D eigenvalue weighted by Crippen LogP contribution is -2.10. The Bertz CT molecular complexity index is 1310. The summed E-state index contributed by atoms with van der Waals surface area (Å²) in [5, 5.41) is 0.403. The second-order valence-corrected chi connectivity index (χ2v) is 9.87. The van der Waals surface area contributed by atoms with Crippen LogP contribution < -0.4 is 0 Å². The minimum Gasteiger partial charge on any atom is -0.261 e. The van der Waals surface area contributed by atoms with Gasteiger partial charge in [0.2, 0.25) is 0 Å². The standard InChI is InChI=1S/C25H24N2O2S/c1-4-24(30(3,28)29)22-14-20-9-6-12-26-25(20)23(15-22)19-8-5-7-18(13-19)21-11-10-17(2)27-16-21/h5-16,24H,4H2,1-3H3. The fourth-order valence-electron chi connectivity index (χ4n) is 3.91. The van der Waals surface area contributed by atoms with Crippen molar-refractivity contribution in [1.29, 1.82) is 0 Å². The first-order valence-electron chi connectivity index (χ1n) is 9.98. The average Bonchev–Trinajstić information content (AvgIpc) is 2.73. The molecule has 4 nitrogen and oxygen atoms in total. The molecule has 2 heterocycles. The van der Waals surface area contributed by atoms with Gasteiger partial charge < -0.3 is 0 Å². The predicted molar refractivity (Wildman–Crippen MR) is 123 cm³/mol. The zero-order valence-electron chi connectivity index (χ0n) is 17.3. The number of aryl methyl sites for hydroxylation is 1. The maximum absolute atomic E-state index is 12.4. The molecule has 0 aliphatic carbocycles. The van der Waals surface area contributed by atoms with Crippen LogP contribution in [0.4, 0.5) is 0 Å². The van der Waals surface area contributed by atoms with Crippen molar-refractivity contribution >= 4 is 20.7 Å². The van der Waals surface area contributed by atoms with Crippen molar-refractivity contribution in [1.82, 2.24) is 9.97 Å². The number of sulfone groups is 1. The van der Waals surface area contributed by atoms with E-state index in [0.29, 0.717) is 6.42 Å². The van der Waals surface area contributed by atoms with Crippen LogP contribution in [0.25, 0.3) is 33.2 Å². The fraction of sp³-hybridized carbons (Fsp3) is 0.200. The Morgan fingerprint density at radius 2 is 1.70 bits per heavy atom. The highest BCUT2D eigenvalue weighted by Gasteiger charge is 2.22. The van der Waals surface area contributed by atoms with Gasteiger partial charge in [0.1, 0.15) is 0 Å². The molecule has 0 saturated carbocycles. The third-order valence-corrected chi connectivity index (χ3v) is 7.04. The van der Waals surface area contributed by atoms with Gasteiger partial charge in [-0.3, -0.25) is 9.97 Å². The van der Waals surface area contributed by atoms with Gasteiger partial charge in [-0.1, -0.05) is 37.3 Å². The van der Waals surface area contributed by atoms with Gasteiger partial charge in [0.15, 0.2) is 9.84 Å². The number of nitrogens with zero attached hydrogens (tertiary/aromatic N) is 2. The SMILES string of the molecule is CCC(c1cc(-c2cccc(-c3ccc(C)nc3)c2)c2ncccc2c1)S(C)(=O)=O. The second kappa shape index (κ2) is 8.00. The van der Waals surface area contributed by atoms with Crippen LogP contribution in [0.15, 0.2) is 73.1 Å². The largest absolute Gasteiger partial charge is 0.261 e. The zero-order chi connectivity index (χ0) is 21.3. The van der Waals surface area contributed by atoms with Crippen molar-refractivity contribution in [3.63, 3.8) is 0 Å². The van der Waals surface area contributed by atoms with Crippen LogP contribution in [0.3, 0.4) is 0 Å². The second-order valence-electron chi connectivity index (χ2n) is 7.64. The van der Waals surface area contributed by atoms with Crippen molar-refractivity contribution < 1.29 is 8.42 Å². The van der Waals surface area contributed by atoms with E-state index in [1.165, 1.54) is 6.26 Å². The molecule has 1 atom stereocenters. The van der Waals surface area contributed by atoms with E-state index < -0.39 is 15.1 Å². The smallest absolute Gasteiger partial charge is 0.154 e. The van der Waals surface area contributed by atoms with Crippen molar-refractivity contribution in [3.8, 4) is 22.3 Å². The first kappa shape index (κ1) is 20.2. The summed E-state index contributed by atoms with van der Waals surface area (Å²) in [5.74, 6) is 0. The highest BCUT2D eigenvalue weighted by molar-refractivity contribution is 7.90. The predicted octanol–water partition coefficient (Wildman–Crippen LogP) is 5.77. The van der Waals surface area contributed by atoms with Crippen LogP contribution in [-0.2, 0) is 9.84 Å². The lowest BCUT2D eigenvalue weighted by atomic mass is 9.95. The summed E-state index contributed by atoms with van der Waals surface area (Å²) in [6.45, 7) is 3.87. The minimum atomic E-state index is -3.22. The topological polar surface area (TPSA) is 59.9 Å². The molecule has 0 N–H and O–H groups in total. The van der Waals surface area contributed by atoms with E-state index in [0.717, 1.165) is 44.4 Å². The number of pyridine rings is 2. The van der Waals surface area contributed by atoms with Crippen molar-refractivity contribution in [3.05, 3.63) is 84.3 Å². The molecule has 0 aliphatic rings. The molecule has 4 aromatic rings. The molecule has 0 aliphatic heterocycles. The molecule has 2 aromatic carbocycles. The molecular formula is C25H24N2O2S. The molecule has 30 heavy (non-hydrogen) atoms. The van der Waals surface area contributed by atoms with E-state index in [2.05, 4.69) is 28.2 Å². The molecule has 0 radical (unpaired) electrons. The number of hydrogen-bond acceptors (Lipinski definition) is 4. The van der Waals surface area contributed by atoms with Crippen LogP contribution in [0.1, 0.15) is 29.9 Å². The van der Waals surface area contributed by atoms with Gasteiger partial charge in [-0.2, -0.15) is 0 Å². The Hall–Kier alpha value is -3.05. The van der Waals surface area contributed by atoms with E-state index >= 15 is 0 Å².